The summed E-state index contributed by atoms with van der Waals surface area (Å²) in [4.78, 5) is 16.3. The molecule has 162 valence electrons. The summed E-state index contributed by atoms with van der Waals surface area (Å²) in [5, 5.41) is 12.1. The highest BCUT2D eigenvalue weighted by Crippen LogP contribution is 2.65. The molecule has 8 heteroatoms. The van der Waals surface area contributed by atoms with Crippen LogP contribution in [0.2, 0.25) is 0 Å². The number of likely N-dealkylation sites (tertiary alicyclic amines) is 1. The normalized spacial score (nSPS) is 33.3. The van der Waals surface area contributed by atoms with Gasteiger partial charge in [-0.25, -0.2) is 4.79 Å². The average Bonchev–Trinajstić information content (AvgIpc) is 3.08. The van der Waals surface area contributed by atoms with Crippen molar-refractivity contribution in [3.05, 3.63) is 35.1 Å². The molecule has 4 aliphatic rings. The zero-order valence-corrected chi connectivity index (χ0v) is 17.7. The van der Waals surface area contributed by atoms with Crippen LogP contribution in [0.1, 0.15) is 24.0 Å². The molecule has 30 heavy (non-hydrogen) atoms. The van der Waals surface area contributed by atoms with Crippen molar-refractivity contribution >= 4 is 6.09 Å². The molecule has 1 aromatic carbocycles. The van der Waals surface area contributed by atoms with Gasteiger partial charge in [-0.1, -0.05) is 6.07 Å². The molecule has 8 nitrogen and oxygen atoms in total. The molecule has 4 atom stereocenters. The van der Waals surface area contributed by atoms with Gasteiger partial charge in [0.25, 0.3) is 0 Å². The van der Waals surface area contributed by atoms with Gasteiger partial charge in [0.15, 0.2) is 17.6 Å². The number of hydrogen-bond donors (Lipinski definition) is 2. The Morgan fingerprint density at radius 3 is 3.00 bits per heavy atom. The van der Waals surface area contributed by atoms with E-state index >= 15 is 0 Å². The van der Waals surface area contributed by atoms with Gasteiger partial charge in [-0.2, -0.15) is 0 Å². The zero-order chi connectivity index (χ0) is 21.3. The molecule has 1 saturated heterocycles. The summed E-state index contributed by atoms with van der Waals surface area (Å²) in [7, 11) is 5.34. The summed E-state index contributed by atoms with van der Waals surface area (Å²) in [6.07, 6.45) is 2.64. The number of rotatable bonds is 4. The lowest BCUT2D eigenvalue weighted by atomic mass is 9.50. The van der Waals surface area contributed by atoms with Crippen LogP contribution in [0, 0.1) is 0 Å². The Morgan fingerprint density at radius 1 is 1.47 bits per heavy atom. The van der Waals surface area contributed by atoms with Crippen LogP contribution in [0.5, 0.6) is 11.5 Å². The molecular weight excluding hydrogens is 386 g/mol. The average molecular weight is 415 g/mol. The van der Waals surface area contributed by atoms with Gasteiger partial charge in [0.2, 0.25) is 0 Å². The first kappa shape index (κ1) is 19.7. The smallest absolute Gasteiger partial charge is 0.414 e. The maximum atomic E-state index is 12.6. The lowest BCUT2D eigenvalue weighted by Crippen LogP contribution is -2.74. The number of benzene rings is 1. The summed E-state index contributed by atoms with van der Waals surface area (Å²) in [5.41, 5.74) is 6.09. The SMILES string of the molecule is COc1ccc2c3c1OC1C(OC(=O)N(C)CCN)=CCC4(O)[C@@H](C2)N(C)CC[C@]314. The molecule has 2 heterocycles. The number of likely N-dealkylation sites (N-methyl/N-ethyl adjacent to an activating group) is 2. The minimum Gasteiger partial charge on any atom is -0.493 e. The number of hydrogen-bond acceptors (Lipinski definition) is 7. The third-order valence-electron chi connectivity index (χ3n) is 7.54. The minimum absolute atomic E-state index is 0.0300. The molecule has 1 spiro atoms. The van der Waals surface area contributed by atoms with Gasteiger partial charge in [0, 0.05) is 38.2 Å². The molecule has 2 aliphatic heterocycles. The number of amides is 1. The van der Waals surface area contributed by atoms with Crippen LogP contribution in [-0.4, -0.2) is 79.6 Å². The molecule has 1 amide bonds. The molecule has 2 bridgehead atoms. The van der Waals surface area contributed by atoms with E-state index in [1.165, 1.54) is 10.5 Å². The number of ether oxygens (including phenoxy) is 3. The van der Waals surface area contributed by atoms with E-state index in [0.717, 1.165) is 18.5 Å². The van der Waals surface area contributed by atoms with Gasteiger partial charge in [-0.3, -0.25) is 0 Å². The predicted octanol–water partition coefficient (Wildman–Crippen LogP) is 1.00. The highest BCUT2D eigenvalue weighted by atomic mass is 16.6. The third kappa shape index (κ3) is 2.29. The van der Waals surface area contributed by atoms with Crippen molar-refractivity contribution in [3.8, 4) is 11.5 Å². The Bertz CT molecular complexity index is 934. The summed E-state index contributed by atoms with van der Waals surface area (Å²) < 4.78 is 17.8. The largest absolute Gasteiger partial charge is 0.493 e. The van der Waals surface area contributed by atoms with E-state index in [0.29, 0.717) is 43.2 Å². The molecule has 1 aromatic rings. The van der Waals surface area contributed by atoms with Crippen LogP contribution in [0.3, 0.4) is 0 Å². The van der Waals surface area contributed by atoms with Crippen LogP contribution < -0.4 is 15.2 Å². The van der Waals surface area contributed by atoms with E-state index in [1.54, 1.807) is 14.2 Å². The summed E-state index contributed by atoms with van der Waals surface area (Å²) in [5.74, 6) is 1.77. The first-order chi connectivity index (χ1) is 14.4. The van der Waals surface area contributed by atoms with Crippen LogP contribution in [0.4, 0.5) is 4.79 Å². The van der Waals surface area contributed by atoms with E-state index in [-0.39, 0.29) is 6.04 Å². The van der Waals surface area contributed by atoms with Gasteiger partial charge in [-0.15, -0.1) is 0 Å². The molecule has 2 aliphatic carbocycles. The number of methoxy groups -OCH3 is 1. The van der Waals surface area contributed by atoms with Crippen LogP contribution in [0.15, 0.2) is 24.0 Å². The molecule has 0 aromatic heterocycles. The van der Waals surface area contributed by atoms with Crippen LogP contribution in [-0.2, 0) is 16.6 Å². The highest BCUT2D eigenvalue weighted by Gasteiger charge is 2.72. The Kier molecular flexibility index (Phi) is 4.33. The number of nitrogens with zero attached hydrogens (tertiary/aromatic N) is 2. The fourth-order valence-corrected chi connectivity index (χ4v) is 6.05. The van der Waals surface area contributed by atoms with Crippen molar-refractivity contribution in [1.82, 2.24) is 9.80 Å². The fraction of sp³-hybridized carbons (Fsp3) is 0.591. The minimum atomic E-state index is -1.01. The first-order valence-electron chi connectivity index (χ1n) is 10.5. The standard InChI is InChI=1S/C22H29N3O5/c1-24-10-8-21-17-13-4-5-14(28-3)18(17)30-19(21)15(29-20(26)25(2)11-9-23)6-7-22(21,27)16(24)12-13/h4-6,16,19,27H,7-12,23H2,1-3H3/t16-,19?,21+,22?/m1/s1. The fourth-order valence-electron chi connectivity index (χ4n) is 6.05. The third-order valence-corrected chi connectivity index (χ3v) is 7.54. The topological polar surface area (TPSA) is 97.5 Å². The summed E-state index contributed by atoms with van der Waals surface area (Å²) in [6.45, 7) is 1.59. The maximum Gasteiger partial charge on any atom is 0.414 e. The van der Waals surface area contributed by atoms with Gasteiger partial charge in [-0.05, 0) is 44.1 Å². The number of carbonyl (C=O) groups excluding carboxylic acids is 1. The Balaban J connectivity index is 1.64. The molecule has 2 unspecified atom stereocenters. The van der Waals surface area contributed by atoms with Gasteiger partial charge >= 0.3 is 6.09 Å². The van der Waals surface area contributed by atoms with E-state index in [2.05, 4.69) is 18.0 Å². The lowest BCUT2D eigenvalue weighted by Gasteiger charge is -2.61. The van der Waals surface area contributed by atoms with Crippen molar-refractivity contribution in [2.75, 3.05) is 40.8 Å². The number of aliphatic hydroxyl groups is 1. The number of nitrogens with two attached hydrogens (primary N) is 1. The Labute approximate surface area is 176 Å². The van der Waals surface area contributed by atoms with Crippen molar-refractivity contribution < 1.29 is 24.1 Å². The van der Waals surface area contributed by atoms with Crippen molar-refractivity contribution in [2.24, 2.45) is 5.73 Å². The first-order valence-corrected chi connectivity index (χ1v) is 10.5. The zero-order valence-electron chi connectivity index (χ0n) is 17.7. The second-order valence-electron chi connectivity index (χ2n) is 8.86. The number of piperidine rings is 1. The van der Waals surface area contributed by atoms with Gasteiger partial charge in [0.1, 0.15) is 5.76 Å². The maximum absolute atomic E-state index is 12.6. The van der Waals surface area contributed by atoms with Crippen molar-refractivity contribution in [2.45, 2.75) is 42.4 Å². The summed E-state index contributed by atoms with van der Waals surface area (Å²) >= 11 is 0. The van der Waals surface area contributed by atoms with E-state index < -0.39 is 23.2 Å². The van der Waals surface area contributed by atoms with Crippen molar-refractivity contribution in [3.63, 3.8) is 0 Å². The Hall–Kier alpha value is -2.29. The van der Waals surface area contributed by atoms with Crippen LogP contribution in [0.25, 0.3) is 0 Å². The van der Waals surface area contributed by atoms with E-state index in [1.807, 2.05) is 12.1 Å². The van der Waals surface area contributed by atoms with Gasteiger partial charge < -0.3 is 34.9 Å². The lowest BCUT2D eigenvalue weighted by molar-refractivity contribution is -0.163. The van der Waals surface area contributed by atoms with Crippen molar-refractivity contribution in [1.29, 1.82) is 0 Å². The second kappa shape index (κ2) is 6.60. The van der Waals surface area contributed by atoms with Gasteiger partial charge in [0.05, 0.1) is 18.1 Å². The van der Waals surface area contributed by atoms with E-state index in [9.17, 15) is 9.90 Å². The monoisotopic (exact) mass is 415 g/mol. The molecule has 1 fully saturated rings. The number of carbonyl (C=O) groups is 1. The highest BCUT2D eigenvalue weighted by molar-refractivity contribution is 5.70. The second-order valence-corrected chi connectivity index (χ2v) is 8.86. The molecule has 0 radical (unpaired) electrons. The van der Waals surface area contributed by atoms with Crippen LogP contribution >= 0.6 is 0 Å². The molecule has 0 saturated carbocycles. The van der Waals surface area contributed by atoms with E-state index in [4.69, 9.17) is 19.9 Å². The molecule has 3 N–H and O–H groups in total. The molecule has 5 rings (SSSR count). The molecular formula is C22H29N3O5. The Morgan fingerprint density at radius 2 is 2.27 bits per heavy atom. The quantitative estimate of drug-likeness (QED) is 0.757. The predicted molar refractivity (Wildman–Crippen MR) is 110 cm³/mol. The summed E-state index contributed by atoms with van der Waals surface area (Å²) in [6, 6.07) is 3.97.